The first-order chi connectivity index (χ1) is 12.0. The number of benzene rings is 1. The third-order valence-electron chi connectivity index (χ3n) is 3.34. The number of nitrogens with zero attached hydrogens (tertiary/aromatic N) is 3. The van der Waals surface area contributed by atoms with Crippen molar-refractivity contribution in [3.8, 4) is 5.75 Å². The van der Waals surface area contributed by atoms with Crippen LogP contribution in [0.3, 0.4) is 0 Å². The first kappa shape index (κ1) is 16.9. The highest BCUT2D eigenvalue weighted by Crippen LogP contribution is 2.17. The number of carbonyl (C=O) groups excluding carboxylic acids is 3. The number of carbonyl (C=O) groups is 3. The van der Waals surface area contributed by atoms with Gasteiger partial charge >= 0.3 is 6.01 Å². The van der Waals surface area contributed by atoms with Gasteiger partial charge in [0, 0.05) is 17.9 Å². The van der Waals surface area contributed by atoms with Crippen molar-refractivity contribution in [1.82, 2.24) is 15.1 Å². The van der Waals surface area contributed by atoms with Crippen LogP contribution in [0.2, 0.25) is 5.02 Å². The summed E-state index contributed by atoms with van der Waals surface area (Å²) in [6.45, 7) is -0.371. The number of likely N-dealkylation sites (tertiary alicyclic amines) is 1. The van der Waals surface area contributed by atoms with Crippen LogP contribution in [0.1, 0.15) is 18.7 Å². The number of ether oxygens (including phenoxy) is 1. The minimum absolute atomic E-state index is 0.0533. The summed E-state index contributed by atoms with van der Waals surface area (Å²) in [4.78, 5) is 35.9. The van der Waals surface area contributed by atoms with Crippen molar-refractivity contribution in [2.45, 2.75) is 19.4 Å². The summed E-state index contributed by atoms with van der Waals surface area (Å²) in [7, 11) is 0. The Bertz CT molecular complexity index is 789. The summed E-state index contributed by atoms with van der Waals surface area (Å²) >= 11 is 5.75. The van der Waals surface area contributed by atoms with E-state index < -0.39 is 5.91 Å². The Kier molecular flexibility index (Phi) is 4.94. The Morgan fingerprint density at radius 1 is 1.20 bits per heavy atom. The molecule has 3 amide bonds. The van der Waals surface area contributed by atoms with Crippen LogP contribution in [-0.4, -0.2) is 39.4 Å². The van der Waals surface area contributed by atoms with Crippen LogP contribution in [0.25, 0.3) is 0 Å². The first-order valence-corrected chi connectivity index (χ1v) is 7.73. The topological polar surface area (TPSA) is 115 Å². The highest BCUT2D eigenvalue weighted by Gasteiger charge is 2.30. The fraction of sp³-hybridized carbons (Fsp3) is 0.267. The van der Waals surface area contributed by atoms with Gasteiger partial charge in [0.15, 0.2) is 6.61 Å². The molecule has 0 spiro atoms. The molecule has 130 valence electrons. The van der Waals surface area contributed by atoms with E-state index in [2.05, 4.69) is 15.5 Å². The predicted octanol–water partition coefficient (Wildman–Crippen LogP) is 1.39. The van der Waals surface area contributed by atoms with E-state index in [1.54, 1.807) is 24.3 Å². The van der Waals surface area contributed by atoms with E-state index >= 15 is 0 Å². The molecule has 1 aromatic carbocycles. The van der Waals surface area contributed by atoms with Gasteiger partial charge < -0.3 is 9.15 Å². The molecule has 2 heterocycles. The van der Waals surface area contributed by atoms with Crippen molar-refractivity contribution >= 4 is 35.3 Å². The molecule has 25 heavy (non-hydrogen) atoms. The molecule has 0 saturated carbocycles. The fourth-order valence-corrected chi connectivity index (χ4v) is 2.26. The minimum Gasteiger partial charge on any atom is -0.484 e. The zero-order chi connectivity index (χ0) is 17.8. The quantitative estimate of drug-likeness (QED) is 0.770. The average molecular weight is 365 g/mol. The molecule has 1 aliphatic rings. The van der Waals surface area contributed by atoms with Crippen molar-refractivity contribution < 1.29 is 23.5 Å². The van der Waals surface area contributed by atoms with Crippen LogP contribution in [0, 0.1) is 0 Å². The molecule has 0 unspecified atom stereocenters. The zero-order valence-electron chi connectivity index (χ0n) is 12.9. The van der Waals surface area contributed by atoms with Gasteiger partial charge in [-0.05, 0) is 24.3 Å². The maximum Gasteiger partial charge on any atom is 0.322 e. The van der Waals surface area contributed by atoms with Gasteiger partial charge in [0.25, 0.3) is 5.91 Å². The number of amides is 3. The Hall–Kier alpha value is -2.94. The molecule has 3 rings (SSSR count). The molecular formula is C15H13ClN4O5. The van der Waals surface area contributed by atoms with Gasteiger partial charge in [0.05, 0.1) is 0 Å². The summed E-state index contributed by atoms with van der Waals surface area (Å²) in [6.07, 6.45) is 0.358. The minimum atomic E-state index is -0.501. The van der Waals surface area contributed by atoms with Crippen LogP contribution in [0.15, 0.2) is 28.7 Å². The second-order valence-corrected chi connectivity index (χ2v) is 5.60. The third-order valence-corrected chi connectivity index (χ3v) is 3.60. The lowest BCUT2D eigenvalue weighted by Crippen LogP contribution is -2.28. The number of aromatic nitrogens is 2. The van der Waals surface area contributed by atoms with E-state index in [1.165, 1.54) is 0 Å². The van der Waals surface area contributed by atoms with Crippen molar-refractivity contribution in [3.05, 3.63) is 35.2 Å². The molecule has 0 bridgehead atoms. The van der Waals surface area contributed by atoms with Crippen LogP contribution in [0.4, 0.5) is 6.01 Å². The summed E-state index contributed by atoms with van der Waals surface area (Å²) < 4.78 is 10.5. The molecule has 1 aliphatic heterocycles. The molecule has 1 saturated heterocycles. The van der Waals surface area contributed by atoms with Gasteiger partial charge in [-0.2, -0.15) is 0 Å². The second kappa shape index (κ2) is 7.31. The Balaban J connectivity index is 1.50. The second-order valence-electron chi connectivity index (χ2n) is 5.17. The van der Waals surface area contributed by atoms with E-state index in [9.17, 15) is 14.4 Å². The van der Waals surface area contributed by atoms with Crippen molar-refractivity contribution in [1.29, 1.82) is 0 Å². The number of hydrogen-bond donors (Lipinski definition) is 1. The lowest BCUT2D eigenvalue weighted by molar-refractivity contribution is -0.139. The predicted molar refractivity (Wildman–Crippen MR) is 84.7 cm³/mol. The number of anilines is 1. The first-order valence-electron chi connectivity index (χ1n) is 7.35. The molecule has 1 N–H and O–H groups in total. The van der Waals surface area contributed by atoms with Crippen LogP contribution < -0.4 is 10.1 Å². The highest BCUT2D eigenvalue weighted by molar-refractivity contribution is 6.30. The van der Waals surface area contributed by atoms with Crippen LogP contribution in [-0.2, 0) is 20.9 Å². The van der Waals surface area contributed by atoms with E-state index in [-0.39, 0.29) is 49.7 Å². The molecule has 1 fully saturated rings. The largest absolute Gasteiger partial charge is 0.484 e. The SMILES string of the molecule is O=C(COc1ccc(Cl)cc1)Nc1nnc(CN2C(=O)CCC2=O)o1. The van der Waals surface area contributed by atoms with Crippen molar-refractivity contribution in [2.75, 3.05) is 11.9 Å². The monoisotopic (exact) mass is 364 g/mol. The van der Waals surface area contributed by atoms with E-state index in [0.717, 1.165) is 4.90 Å². The van der Waals surface area contributed by atoms with E-state index in [0.29, 0.717) is 10.8 Å². The Morgan fingerprint density at radius 2 is 1.88 bits per heavy atom. The summed E-state index contributed by atoms with van der Waals surface area (Å²) in [6, 6.07) is 6.40. The maximum atomic E-state index is 11.8. The van der Waals surface area contributed by atoms with Crippen molar-refractivity contribution in [3.63, 3.8) is 0 Å². The summed E-state index contributed by atoms with van der Waals surface area (Å²) in [5.74, 6) is -0.539. The van der Waals surface area contributed by atoms with Gasteiger partial charge in [-0.1, -0.05) is 16.7 Å². The number of halogens is 1. The number of hydrogen-bond acceptors (Lipinski definition) is 7. The van der Waals surface area contributed by atoms with Gasteiger partial charge in [-0.3, -0.25) is 24.6 Å². The molecule has 0 radical (unpaired) electrons. The zero-order valence-corrected chi connectivity index (χ0v) is 13.7. The third kappa shape index (κ3) is 4.32. The highest BCUT2D eigenvalue weighted by atomic mass is 35.5. The van der Waals surface area contributed by atoms with Crippen LogP contribution in [0.5, 0.6) is 5.75 Å². The molecule has 2 aromatic rings. The number of nitrogens with one attached hydrogen (secondary N) is 1. The molecule has 0 aliphatic carbocycles. The van der Waals surface area contributed by atoms with E-state index in [1.807, 2.05) is 0 Å². The molecular weight excluding hydrogens is 352 g/mol. The Morgan fingerprint density at radius 3 is 2.56 bits per heavy atom. The van der Waals surface area contributed by atoms with Crippen LogP contribution >= 0.6 is 11.6 Å². The maximum absolute atomic E-state index is 11.8. The van der Waals surface area contributed by atoms with Crippen molar-refractivity contribution in [2.24, 2.45) is 0 Å². The number of imide groups is 1. The van der Waals surface area contributed by atoms with Gasteiger partial charge in [-0.15, -0.1) is 5.10 Å². The molecule has 0 atom stereocenters. The molecule has 1 aromatic heterocycles. The van der Waals surface area contributed by atoms with Gasteiger partial charge in [-0.25, -0.2) is 0 Å². The normalized spacial score (nSPS) is 14.0. The summed E-state index contributed by atoms with van der Waals surface area (Å²) in [5, 5.41) is 10.3. The summed E-state index contributed by atoms with van der Waals surface area (Å²) in [5.41, 5.74) is 0. The standard InChI is InChI=1S/C15H13ClN4O5/c16-9-1-3-10(4-2-9)24-8-11(21)17-15-19-18-12(25-15)7-20-13(22)5-6-14(20)23/h1-4H,5-8H2,(H,17,19,21). The fourth-order valence-electron chi connectivity index (χ4n) is 2.14. The van der Waals surface area contributed by atoms with Gasteiger partial charge in [0.2, 0.25) is 17.7 Å². The molecule has 10 heteroatoms. The average Bonchev–Trinajstić information content (AvgIpc) is 3.16. The lowest BCUT2D eigenvalue weighted by Gasteiger charge is -2.09. The van der Waals surface area contributed by atoms with Gasteiger partial charge in [0.1, 0.15) is 12.3 Å². The number of rotatable bonds is 6. The smallest absolute Gasteiger partial charge is 0.322 e. The molecule has 9 nitrogen and oxygen atoms in total. The van der Waals surface area contributed by atoms with E-state index in [4.69, 9.17) is 20.8 Å². The lowest BCUT2D eigenvalue weighted by atomic mass is 10.3. The Labute approximate surface area is 146 Å².